The minimum atomic E-state index is -0.125. The Balaban J connectivity index is 2.22. The normalized spacial score (nSPS) is 10.4. The van der Waals surface area contributed by atoms with E-state index in [4.69, 9.17) is 0 Å². The average molecular weight is 268 g/mol. The minimum absolute atomic E-state index is 0.0538. The Bertz CT molecular complexity index is 573. The van der Waals surface area contributed by atoms with Gasteiger partial charge in [0.1, 0.15) is 5.75 Å². The van der Waals surface area contributed by atoms with Gasteiger partial charge >= 0.3 is 0 Å². The van der Waals surface area contributed by atoms with Crippen LogP contribution in [0.1, 0.15) is 47.7 Å². The highest BCUT2D eigenvalue weighted by Crippen LogP contribution is 2.23. The van der Waals surface area contributed by atoms with Crippen molar-refractivity contribution >= 4 is 5.78 Å². The highest BCUT2D eigenvalue weighted by molar-refractivity contribution is 6.10. The van der Waals surface area contributed by atoms with E-state index in [0.717, 1.165) is 18.4 Å². The van der Waals surface area contributed by atoms with Gasteiger partial charge in [-0.1, -0.05) is 56.2 Å². The van der Waals surface area contributed by atoms with Gasteiger partial charge in [0.05, 0.1) is 5.56 Å². The molecule has 0 heterocycles. The Kier molecular flexibility index (Phi) is 4.94. The molecule has 0 saturated heterocycles. The van der Waals surface area contributed by atoms with Crippen LogP contribution in [0.5, 0.6) is 5.75 Å². The summed E-state index contributed by atoms with van der Waals surface area (Å²) in [6.45, 7) is 2.17. The first-order chi connectivity index (χ1) is 9.72. The summed E-state index contributed by atoms with van der Waals surface area (Å²) in [5, 5.41) is 9.92. The van der Waals surface area contributed by atoms with Crippen LogP contribution in [0, 0.1) is 0 Å². The van der Waals surface area contributed by atoms with Crippen molar-refractivity contribution in [3.8, 4) is 5.75 Å². The lowest BCUT2D eigenvalue weighted by atomic mass is 9.98. The molecule has 0 amide bonds. The largest absolute Gasteiger partial charge is 0.507 e. The maximum Gasteiger partial charge on any atom is 0.196 e. The number of unbranched alkanes of at least 4 members (excludes halogenated alkanes) is 2. The zero-order valence-electron chi connectivity index (χ0n) is 11.8. The molecule has 0 aliphatic rings. The number of phenols is 1. The van der Waals surface area contributed by atoms with E-state index in [1.165, 1.54) is 12.8 Å². The fourth-order valence-corrected chi connectivity index (χ4v) is 2.24. The van der Waals surface area contributed by atoms with Crippen LogP contribution in [-0.2, 0) is 6.42 Å². The van der Waals surface area contributed by atoms with Gasteiger partial charge in [-0.05, 0) is 30.5 Å². The number of aryl methyl sites for hydroxylation is 1. The number of hydrogen-bond donors (Lipinski definition) is 1. The van der Waals surface area contributed by atoms with Gasteiger partial charge in [0.15, 0.2) is 5.78 Å². The van der Waals surface area contributed by atoms with Crippen molar-refractivity contribution in [2.75, 3.05) is 0 Å². The molecule has 0 spiro atoms. The zero-order chi connectivity index (χ0) is 14.4. The topological polar surface area (TPSA) is 37.3 Å². The third-order valence-corrected chi connectivity index (χ3v) is 3.41. The summed E-state index contributed by atoms with van der Waals surface area (Å²) in [7, 11) is 0. The van der Waals surface area contributed by atoms with Crippen LogP contribution in [0.4, 0.5) is 0 Å². The molecule has 2 rings (SSSR count). The highest BCUT2D eigenvalue weighted by Gasteiger charge is 2.13. The van der Waals surface area contributed by atoms with Crippen molar-refractivity contribution in [2.45, 2.75) is 32.6 Å². The minimum Gasteiger partial charge on any atom is -0.507 e. The fourth-order valence-electron chi connectivity index (χ4n) is 2.24. The molecule has 2 heteroatoms. The third kappa shape index (κ3) is 3.47. The summed E-state index contributed by atoms with van der Waals surface area (Å²) in [5.41, 5.74) is 2.11. The molecule has 0 radical (unpaired) electrons. The predicted octanol–water partition coefficient (Wildman–Crippen LogP) is 4.36. The molecule has 0 saturated carbocycles. The summed E-state index contributed by atoms with van der Waals surface area (Å²) in [6.07, 6.45) is 4.42. The van der Waals surface area contributed by atoms with Gasteiger partial charge in [-0.2, -0.15) is 0 Å². The maximum atomic E-state index is 12.4. The van der Waals surface area contributed by atoms with E-state index >= 15 is 0 Å². The van der Waals surface area contributed by atoms with Gasteiger partial charge in [-0.3, -0.25) is 4.79 Å². The highest BCUT2D eigenvalue weighted by atomic mass is 16.3. The van der Waals surface area contributed by atoms with Crippen LogP contribution in [0.2, 0.25) is 0 Å². The summed E-state index contributed by atoms with van der Waals surface area (Å²) in [5.74, 6) is -0.0708. The smallest absolute Gasteiger partial charge is 0.196 e. The second-order valence-electron chi connectivity index (χ2n) is 5.00. The molecule has 2 aromatic rings. The summed E-state index contributed by atoms with van der Waals surface area (Å²) < 4.78 is 0. The molecule has 2 aromatic carbocycles. The van der Waals surface area contributed by atoms with Gasteiger partial charge in [0, 0.05) is 5.56 Å². The van der Waals surface area contributed by atoms with E-state index in [1.54, 1.807) is 18.2 Å². The lowest BCUT2D eigenvalue weighted by Gasteiger charge is -2.07. The summed E-state index contributed by atoms with van der Waals surface area (Å²) in [4.78, 5) is 12.4. The summed E-state index contributed by atoms with van der Waals surface area (Å²) in [6, 6.07) is 14.4. The van der Waals surface area contributed by atoms with Gasteiger partial charge in [0.2, 0.25) is 0 Å². The van der Waals surface area contributed by atoms with E-state index in [9.17, 15) is 9.90 Å². The van der Waals surface area contributed by atoms with Crippen LogP contribution in [-0.4, -0.2) is 10.9 Å². The van der Waals surface area contributed by atoms with E-state index in [0.29, 0.717) is 11.1 Å². The third-order valence-electron chi connectivity index (χ3n) is 3.41. The Morgan fingerprint density at radius 1 is 1.05 bits per heavy atom. The number of carbonyl (C=O) groups is 1. The number of benzene rings is 2. The molecule has 0 aliphatic heterocycles. The molecular formula is C18H20O2. The number of carbonyl (C=O) groups excluding carboxylic acids is 1. The number of phenolic OH excluding ortho intramolecular Hbond substituents is 1. The Morgan fingerprint density at radius 3 is 2.50 bits per heavy atom. The maximum absolute atomic E-state index is 12.4. The SMILES string of the molecule is CCCCCc1ccc(O)c(C(=O)c2ccccc2)c1. The lowest BCUT2D eigenvalue weighted by molar-refractivity contribution is 0.103. The second kappa shape index (κ2) is 6.90. The monoisotopic (exact) mass is 268 g/mol. The average Bonchev–Trinajstić information content (AvgIpc) is 2.49. The van der Waals surface area contributed by atoms with E-state index < -0.39 is 0 Å². The number of aromatic hydroxyl groups is 1. The second-order valence-corrected chi connectivity index (χ2v) is 5.00. The van der Waals surface area contributed by atoms with Crippen molar-refractivity contribution in [1.29, 1.82) is 0 Å². The molecule has 0 fully saturated rings. The van der Waals surface area contributed by atoms with Crippen molar-refractivity contribution in [3.05, 3.63) is 65.2 Å². The van der Waals surface area contributed by atoms with Crippen LogP contribution in [0.15, 0.2) is 48.5 Å². The van der Waals surface area contributed by atoms with E-state index in [-0.39, 0.29) is 11.5 Å². The van der Waals surface area contributed by atoms with Gasteiger partial charge in [-0.15, -0.1) is 0 Å². The van der Waals surface area contributed by atoms with E-state index in [1.807, 2.05) is 30.3 Å². The first-order valence-corrected chi connectivity index (χ1v) is 7.14. The summed E-state index contributed by atoms with van der Waals surface area (Å²) >= 11 is 0. The molecule has 104 valence electrons. The van der Waals surface area contributed by atoms with Crippen LogP contribution in [0.25, 0.3) is 0 Å². The van der Waals surface area contributed by atoms with Crippen molar-refractivity contribution < 1.29 is 9.90 Å². The van der Waals surface area contributed by atoms with Gasteiger partial charge in [0.25, 0.3) is 0 Å². The van der Waals surface area contributed by atoms with Crippen LogP contribution < -0.4 is 0 Å². The Morgan fingerprint density at radius 2 is 1.80 bits per heavy atom. The fraction of sp³-hybridized carbons (Fsp3) is 0.278. The standard InChI is InChI=1S/C18H20O2/c1-2-3-5-8-14-11-12-17(19)16(13-14)18(20)15-9-6-4-7-10-15/h4,6-7,9-13,19H,2-3,5,8H2,1H3. The number of rotatable bonds is 6. The molecule has 0 aromatic heterocycles. The van der Waals surface area contributed by atoms with Crippen LogP contribution >= 0.6 is 0 Å². The quantitative estimate of drug-likeness (QED) is 0.624. The van der Waals surface area contributed by atoms with Crippen molar-refractivity contribution in [2.24, 2.45) is 0 Å². The van der Waals surface area contributed by atoms with Gasteiger partial charge < -0.3 is 5.11 Å². The Hall–Kier alpha value is -2.09. The molecule has 0 bridgehead atoms. The molecule has 0 unspecified atom stereocenters. The zero-order valence-corrected chi connectivity index (χ0v) is 11.8. The predicted molar refractivity (Wildman–Crippen MR) is 81.2 cm³/mol. The molecule has 2 nitrogen and oxygen atoms in total. The Labute approximate surface area is 120 Å². The van der Waals surface area contributed by atoms with Crippen molar-refractivity contribution in [1.82, 2.24) is 0 Å². The molecular weight excluding hydrogens is 248 g/mol. The first kappa shape index (κ1) is 14.3. The van der Waals surface area contributed by atoms with E-state index in [2.05, 4.69) is 6.92 Å². The number of hydrogen-bond acceptors (Lipinski definition) is 2. The molecule has 0 aliphatic carbocycles. The molecule has 0 atom stereocenters. The molecule has 20 heavy (non-hydrogen) atoms. The lowest BCUT2D eigenvalue weighted by Crippen LogP contribution is -2.02. The number of ketones is 1. The molecule has 1 N–H and O–H groups in total. The van der Waals surface area contributed by atoms with Crippen molar-refractivity contribution in [3.63, 3.8) is 0 Å². The van der Waals surface area contributed by atoms with Gasteiger partial charge in [-0.25, -0.2) is 0 Å². The first-order valence-electron chi connectivity index (χ1n) is 7.14. The van der Waals surface area contributed by atoms with Crippen LogP contribution in [0.3, 0.4) is 0 Å².